The highest BCUT2D eigenvalue weighted by Crippen LogP contribution is 2.28. The number of ether oxygens (including phenoxy) is 1. The van der Waals surface area contributed by atoms with Crippen LogP contribution in [0.15, 0.2) is 36.4 Å². The third-order valence-corrected chi connectivity index (χ3v) is 3.57. The van der Waals surface area contributed by atoms with Crippen molar-refractivity contribution in [2.24, 2.45) is 0 Å². The van der Waals surface area contributed by atoms with Crippen molar-refractivity contribution in [1.82, 2.24) is 0 Å². The number of carbonyl (C=O) groups is 1. The SMILES string of the molecule is N#Cc1cc(C=O)cc(CCc2ccc(OC(F)(F)F)cc2Cl)c1. The molecular formula is C17H11ClF3NO2. The number of aldehydes is 1. The maximum Gasteiger partial charge on any atom is 0.573 e. The van der Waals surface area contributed by atoms with Crippen LogP contribution in [-0.4, -0.2) is 12.6 Å². The van der Waals surface area contributed by atoms with Crippen molar-refractivity contribution >= 4 is 17.9 Å². The second-order valence-electron chi connectivity index (χ2n) is 4.99. The van der Waals surface area contributed by atoms with Gasteiger partial charge in [0.1, 0.15) is 12.0 Å². The minimum Gasteiger partial charge on any atom is -0.406 e. The number of nitriles is 1. The molecule has 2 rings (SSSR count). The van der Waals surface area contributed by atoms with Crippen LogP contribution in [0.1, 0.15) is 27.0 Å². The Morgan fingerprint density at radius 2 is 1.92 bits per heavy atom. The van der Waals surface area contributed by atoms with Gasteiger partial charge in [-0.2, -0.15) is 5.26 Å². The largest absolute Gasteiger partial charge is 0.573 e. The molecule has 0 amide bonds. The van der Waals surface area contributed by atoms with Gasteiger partial charge in [0.05, 0.1) is 11.6 Å². The van der Waals surface area contributed by atoms with Gasteiger partial charge in [-0.3, -0.25) is 4.79 Å². The normalized spacial score (nSPS) is 11.0. The predicted molar refractivity (Wildman–Crippen MR) is 82.1 cm³/mol. The number of nitrogens with zero attached hydrogens (tertiary/aromatic N) is 1. The number of hydrogen-bond acceptors (Lipinski definition) is 3. The van der Waals surface area contributed by atoms with E-state index in [2.05, 4.69) is 4.74 Å². The summed E-state index contributed by atoms with van der Waals surface area (Å²) in [6.45, 7) is 0. The first kappa shape index (κ1) is 17.8. The molecule has 0 N–H and O–H groups in total. The van der Waals surface area contributed by atoms with E-state index in [1.165, 1.54) is 18.2 Å². The second-order valence-corrected chi connectivity index (χ2v) is 5.40. The van der Waals surface area contributed by atoms with Crippen LogP contribution in [0, 0.1) is 11.3 Å². The van der Waals surface area contributed by atoms with Gasteiger partial charge in [0, 0.05) is 10.6 Å². The lowest BCUT2D eigenvalue weighted by Crippen LogP contribution is -2.17. The van der Waals surface area contributed by atoms with Crippen LogP contribution in [-0.2, 0) is 12.8 Å². The summed E-state index contributed by atoms with van der Waals surface area (Å²) < 4.78 is 40.3. The van der Waals surface area contributed by atoms with Crippen molar-refractivity contribution in [3.63, 3.8) is 0 Å². The summed E-state index contributed by atoms with van der Waals surface area (Å²) in [5.41, 5.74) is 2.17. The smallest absolute Gasteiger partial charge is 0.406 e. The van der Waals surface area contributed by atoms with E-state index in [1.54, 1.807) is 12.1 Å². The third-order valence-electron chi connectivity index (χ3n) is 3.22. The number of halogens is 4. The molecule has 0 heterocycles. The van der Waals surface area contributed by atoms with E-state index in [4.69, 9.17) is 16.9 Å². The number of aryl methyl sites for hydroxylation is 2. The summed E-state index contributed by atoms with van der Waals surface area (Å²) in [5.74, 6) is -0.383. The van der Waals surface area contributed by atoms with Gasteiger partial charge in [0.2, 0.25) is 0 Å². The Morgan fingerprint density at radius 1 is 1.17 bits per heavy atom. The molecule has 2 aromatic carbocycles. The van der Waals surface area contributed by atoms with E-state index in [0.29, 0.717) is 35.8 Å². The molecule has 24 heavy (non-hydrogen) atoms. The van der Waals surface area contributed by atoms with Gasteiger partial charge >= 0.3 is 6.36 Å². The molecule has 0 radical (unpaired) electrons. The Balaban J connectivity index is 2.12. The Labute approximate surface area is 141 Å². The van der Waals surface area contributed by atoms with Gasteiger partial charge in [-0.25, -0.2) is 0 Å². The predicted octanol–water partition coefficient (Wildman–Crippen LogP) is 4.71. The lowest BCUT2D eigenvalue weighted by atomic mass is 10.0. The fraction of sp³-hybridized carbons (Fsp3) is 0.176. The monoisotopic (exact) mass is 353 g/mol. The Hall–Kier alpha value is -2.52. The standard InChI is InChI=1S/C17H11ClF3NO2/c18-16-8-15(24-17(19,20)21)4-3-14(16)2-1-11-5-12(9-22)7-13(6-11)10-23/h3-8,10H,1-2H2. The molecule has 0 aliphatic carbocycles. The first-order chi connectivity index (χ1) is 11.3. The average Bonchev–Trinajstić information content (AvgIpc) is 2.52. The van der Waals surface area contributed by atoms with Crippen LogP contribution in [0.5, 0.6) is 5.75 Å². The number of hydrogen-bond donors (Lipinski definition) is 0. The molecular weight excluding hydrogens is 343 g/mol. The van der Waals surface area contributed by atoms with Crippen molar-refractivity contribution in [2.45, 2.75) is 19.2 Å². The van der Waals surface area contributed by atoms with Gasteiger partial charge in [0.15, 0.2) is 0 Å². The van der Waals surface area contributed by atoms with Crippen molar-refractivity contribution in [2.75, 3.05) is 0 Å². The first-order valence-corrected chi connectivity index (χ1v) is 7.22. The number of benzene rings is 2. The van der Waals surface area contributed by atoms with Crippen LogP contribution >= 0.6 is 11.6 Å². The third kappa shape index (κ3) is 5.00. The summed E-state index contributed by atoms with van der Waals surface area (Å²) in [7, 11) is 0. The van der Waals surface area contributed by atoms with Crippen molar-refractivity contribution < 1.29 is 22.7 Å². The van der Waals surface area contributed by atoms with Crippen molar-refractivity contribution in [3.05, 3.63) is 63.7 Å². The first-order valence-electron chi connectivity index (χ1n) is 6.84. The molecule has 0 atom stereocenters. The molecule has 7 heteroatoms. The van der Waals surface area contributed by atoms with E-state index in [1.807, 2.05) is 6.07 Å². The van der Waals surface area contributed by atoms with Gasteiger partial charge in [-0.15, -0.1) is 13.2 Å². The summed E-state index contributed by atoms with van der Waals surface area (Å²) in [6.07, 6.45) is -3.19. The fourth-order valence-corrected chi connectivity index (χ4v) is 2.47. The van der Waals surface area contributed by atoms with Crippen molar-refractivity contribution in [3.8, 4) is 11.8 Å². The molecule has 0 saturated carbocycles. The molecule has 0 aliphatic heterocycles. The van der Waals surface area contributed by atoms with E-state index in [9.17, 15) is 18.0 Å². The highest BCUT2D eigenvalue weighted by atomic mass is 35.5. The molecule has 0 fully saturated rings. The lowest BCUT2D eigenvalue weighted by Gasteiger charge is -2.11. The molecule has 0 unspecified atom stereocenters. The minimum absolute atomic E-state index is 0.156. The van der Waals surface area contributed by atoms with Crippen molar-refractivity contribution in [1.29, 1.82) is 5.26 Å². The van der Waals surface area contributed by atoms with Crippen LogP contribution in [0.2, 0.25) is 5.02 Å². The molecule has 0 spiro atoms. The van der Waals surface area contributed by atoms with E-state index in [-0.39, 0.29) is 10.8 Å². The summed E-state index contributed by atoms with van der Waals surface area (Å²) in [5, 5.41) is 9.10. The summed E-state index contributed by atoms with van der Waals surface area (Å²) >= 11 is 5.99. The van der Waals surface area contributed by atoms with Crippen LogP contribution in [0.25, 0.3) is 0 Å². The summed E-state index contributed by atoms with van der Waals surface area (Å²) in [6, 6.07) is 10.5. The Kier molecular flexibility index (Phi) is 5.47. The molecule has 0 bridgehead atoms. The highest BCUT2D eigenvalue weighted by Gasteiger charge is 2.31. The van der Waals surface area contributed by atoms with E-state index < -0.39 is 6.36 Å². The van der Waals surface area contributed by atoms with Gasteiger partial charge < -0.3 is 4.74 Å². The Morgan fingerprint density at radius 3 is 2.50 bits per heavy atom. The topological polar surface area (TPSA) is 50.1 Å². The molecule has 0 aromatic heterocycles. The maximum atomic E-state index is 12.2. The van der Waals surface area contributed by atoms with Gasteiger partial charge in [-0.1, -0.05) is 17.7 Å². The van der Waals surface area contributed by atoms with Crippen LogP contribution < -0.4 is 4.74 Å². The minimum atomic E-state index is -4.77. The molecule has 124 valence electrons. The molecule has 2 aromatic rings. The quantitative estimate of drug-likeness (QED) is 0.731. The lowest BCUT2D eigenvalue weighted by molar-refractivity contribution is -0.274. The zero-order chi connectivity index (χ0) is 17.7. The molecule has 0 aliphatic rings. The second kappa shape index (κ2) is 7.37. The number of alkyl halides is 3. The average molecular weight is 354 g/mol. The van der Waals surface area contributed by atoms with Crippen LogP contribution in [0.3, 0.4) is 0 Å². The number of carbonyl (C=O) groups excluding carboxylic acids is 1. The Bertz CT molecular complexity index is 797. The molecule has 3 nitrogen and oxygen atoms in total. The van der Waals surface area contributed by atoms with E-state index in [0.717, 1.165) is 11.6 Å². The zero-order valence-electron chi connectivity index (χ0n) is 12.2. The van der Waals surface area contributed by atoms with Crippen LogP contribution in [0.4, 0.5) is 13.2 Å². The van der Waals surface area contributed by atoms with Gasteiger partial charge in [0.25, 0.3) is 0 Å². The highest BCUT2D eigenvalue weighted by molar-refractivity contribution is 6.31. The molecule has 0 saturated heterocycles. The van der Waals surface area contributed by atoms with E-state index >= 15 is 0 Å². The zero-order valence-corrected chi connectivity index (χ0v) is 13.0. The fourth-order valence-electron chi connectivity index (χ4n) is 2.20. The van der Waals surface area contributed by atoms with Gasteiger partial charge in [-0.05, 0) is 54.3 Å². The summed E-state index contributed by atoms with van der Waals surface area (Å²) in [4.78, 5) is 10.9. The maximum absolute atomic E-state index is 12.2. The number of rotatable bonds is 5.